The first-order valence-electron chi connectivity index (χ1n) is 7.57. The van der Waals surface area contributed by atoms with E-state index in [2.05, 4.69) is 44.8 Å². The van der Waals surface area contributed by atoms with Crippen molar-refractivity contribution < 1.29 is 0 Å². The molecule has 3 atom stereocenters. The molecule has 1 rings (SSSR count). The van der Waals surface area contributed by atoms with Crippen LogP contribution in [0.5, 0.6) is 0 Å². The second kappa shape index (κ2) is 6.75. The molecule has 1 aliphatic heterocycles. The molecular formula is C15H32N2. The van der Waals surface area contributed by atoms with Gasteiger partial charge in [0.15, 0.2) is 0 Å². The Morgan fingerprint density at radius 1 is 1.29 bits per heavy atom. The Bertz CT molecular complexity index is 217. The normalized spacial score (nSPS) is 32.6. The van der Waals surface area contributed by atoms with Crippen LogP contribution in [-0.2, 0) is 0 Å². The molecule has 0 aromatic heterocycles. The molecule has 0 saturated carbocycles. The molecule has 1 N–H and O–H groups in total. The Hall–Kier alpha value is -0.0800. The van der Waals surface area contributed by atoms with Gasteiger partial charge in [-0.1, -0.05) is 33.6 Å². The Morgan fingerprint density at radius 3 is 2.53 bits per heavy atom. The SMILES string of the molecule is CCCC(C)N1CC(C)(CC)NCC1CCC. The maximum Gasteiger partial charge on any atom is 0.0278 e. The minimum atomic E-state index is 0.326. The molecule has 0 aromatic carbocycles. The summed E-state index contributed by atoms with van der Waals surface area (Å²) >= 11 is 0. The van der Waals surface area contributed by atoms with Crippen molar-refractivity contribution >= 4 is 0 Å². The first kappa shape index (κ1) is 15.0. The fourth-order valence-electron chi connectivity index (χ4n) is 3.01. The van der Waals surface area contributed by atoms with Crippen molar-refractivity contribution in [2.24, 2.45) is 0 Å². The predicted octanol–water partition coefficient (Wildman–Crippen LogP) is 3.42. The molecule has 2 heteroatoms. The molecule has 0 radical (unpaired) electrons. The van der Waals surface area contributed by atoms with E-state index in [4.69, 9.17) is 0 Å². The summed E-state index contributed by atoms with van der Waals surface area (Å²) < 4.78 is 0. The van der Waals surface area contributed by atoms with Crippen LogP contribution < -0.4 is 5.32 Å². The first-order valence-corrected chi connectivity index (χ1v) is 7.57. The zero-order valence-electron chi connectivity index (χ0n) is 12.6. The molecule has 0 bridgehead atoms. The van der Waals surface area contributed by atoms with Crippen LogP contribution in [0.2, 0.25) is 0 Å². The van der Waals surface area contributed by atoms with Gasteiger partial charge >= 0.3 is 0 Å². The number of hydrogen-bond acceptors (Lipinski definition) is 2. The van der Waals surface area contributed by atoms with Crippen molar-refractivity contribution in [1.82, 2.24) is 10.2 Å². The van der Waals surface area contributed by atoms with Gasteiger partial charge in [-0.15, -0.1) is 0 Å². The van der Waals surface area contributed by atoms with Gasteiger partial charge in [-0.05, 0) is 33.1 Å². The fourth-order valence-corrected chi connectivity index (χ4v) is 3.01. The third kappa shape index (κ3) is 3.96. The first-order chi connectivity index (χ1) is 8.06. The Labute approximate surface area is 108 Å². The van der Waals surface area contributed by atoms with Crippen molar-refractivity contribution in [3.63, 3.8) is 0 Å². The van der Waals surface area contributed by atoms with Crippen LogP contribution in [0.1, 0.15) is 66.7 Å². The minimum Gasteiger partial charge on any atom is -0.309 e. The highest BCUT2D eigenvalue weighted by Gasteiger charge is 2.35. The van der Waals surface area contributed by atoms with E-state index in [-0.39, 0.29) is 0 Å². The van der Waals surface area contributed by atoms with E-state index in [1.54, 1.807) is 0 Å². The monoisotopic (exact) mass is 240 g/mol. The fraction of sp³-hybridized carbons (Fsp3) is 1.00. The van der Waals surface area contributed by atoms with Gasteiger partial charge in [0.2, 0.25) is 0 Å². The van der Waals surface area contributed by atoms with E-state index in [0.717, 1.165) is 12.1 Å². The summed E-state index contributed by atoms with van der Waals surface area (Å²) in [7, 11) is 0. The summed E-state index contributed by atoms with van der Waals surface area (Å²) in [5.74, 6) is 0. The van der Waals surface area contributed by atoms with E-state index in [1.165, 1.54) is 45.2 Å². The minimum absolute atomic E-state index is 0.326. The lowest BCUT2D eigenvalue weighted by Crippen LogP contribution is -2.64. The average Bonchev–Trinajstić information content (AvgIpc) is 2.32. The lowest BCUT2D eigenvalue weighted by Gasteiger charge is -2.48. The van der Waals surface area contributed by atoms with E-state index < -0.39 is 0 Å². The molecular weight excluding hydrogens is 208 g/mol. The number of rotatable bonds is 6. The Morgan fingerprint density at radius 2 is 2.00 bits per heavy atom. The van der Waals surface area contributed by atoms with Gasteiger partial charge in [0.25, 0.3) is 0 Å². The van der Waals surface area contributed by atoms with Crippen LogP contribution in [0.3, 0.4) is 0 Å². The molecule has 3 unspecified atom stereocenters. The molecule has 0 aromatic rings. The zero-order valence-corrected chi connectivity index (χ0v) is 12.6. The number of hydrogen-bond donors (Lipinski definition) is 1. The van der Waals surface area contributed by atoms with Crippen LogP contribution in [0.15, 0.2) is 0 Å². The quantitative estimate of drug-likeness (QED) is 0.765. The molecule has 0 aliphatic carbocycles. The van der Waals surface area contributed by atoms with E-state index >= 15 is 0 Å². The molecule has 102 valence electrons. The molecule has 0 amide bonds. The topological polar surface area (TPSA) is 15.3 Å². The van der Waals surface area contributed by atoms with E-state index in [1.807, 2.05) is 0 Å². The van der Waals surface area contributed by atoms with Crippen molar-refractivity contribution in [3.05, 3.63) is 0 Å². The van der Waals surface area contributed by atoms with Crippen LogP contribution in [0, 0.1) is 0 Å². The van der Waals surface area contributed by atoms with Crippen LogP contribution in [0.4, 0.5) is 0 Å². The van der Waals surface area contributed by atoms with Crippen LogP contribution in [0.25, 0.3) is 0 Å². The predicted molar refractivity (Wildman–Crippen MR) is 76.5 cm³/mol. The number of nitrogens with one attached hydrogen (secondary N) is 1. The van der Waals surface area contributed by atoms with E-state index in [0.29, 0.717) is 5.54 Å². The molecule has 1 fully saturated rings. The van der Waals surface area contributed by atoms with Gasteiger partial charge in [0, 0.05) is 30.7 Å². The number of piperazine rings is 1. The van der Waals surface area contributed by atoms with Crippen LogP contribution in [-0.4, -0.2) is 35.6 Å². The lowest BCUT2D eigenvalue weighted by molar-refractivity contribution is 0.0440. The summed E-state index contributed by atoms with van der Waals surface area (Å²) in [6.45, 7) is 14.1. The second-order valence-corrected chi connectivity index (χ2v) is 6.05. The third-order valence-corrected chi connectivity index (χ3v) is 4.44. The highest BCUT2D eigenvalue weighted by Crippen LogP contribution is 2.24. The standard InChI is InChI=1S/C15H32N2/c1-6-9-13(4)17-12-15(5,8-3)16-11-14(17)10-7-2/h13-14,16H,6-12H2,1-5H3. The molecule has 2 nitrogen and oxygen atoms in total. The van der Waals surface area contributed by atoms with Crippen LogP contribution >= 0.6 is 0 Å². The van der Waals surface area contributed by atoms with Gasteiger partial charge in [0.1, 0.15) is 0 Å². The third-order valence-electron chi connectivity index (χ3n) is 4.44. The van der Waals surface area contributed by atoms with Gasteiger partial charge in [0.05, 0.1) is 0 Å². The second-order valence-electron chi connectivity index (χ2n) is 6.05. The summed E-state index contributed by atoms with van der Waals surface area (Å²) in [4.78, 5) is 2.77. The van der Waals surface area contributed by atoms with Gasteiger partial charge < -0.3 is 5.32 Å². The van der Waals surface area contributed by atoms with Crippen molar-refractivity contribution in [2.45, 2.75) is 84.3 Å². The van der Waals surface area contributed by atoms with Gasteiger partial charge in [-0.25, -0.2) is 0 Å². The van der Waals surface area contributed by atoms with Crippen molar-refractivity contribution in [1.29, 1.82) is 0 Å². The molecule has 1 heterocycles. The zero-order chi connectivity index (χ0) is 12.9. The van der Waals surface area contributed by atoms with Gasteiger partial charge in [-0.3, -0.25) is 4.90 Å². The highest BCUT2D eigenvalue weighted by atomic mass is 15.3. The molecule has 17 heavy (non-hydrogen) atoms. The van der Waals surface area contributed by atoms with Gasteiger partial charge in [-0.2, -0.15) is 0 Å². The Kier molecular flexibility index (Phi) is 5.94. The maximum atomic E-state index is 3.77. The number of nitrogens with zero attached hydrogens (tertiary/aromatic N) is 1. The molecule has 0 spiro atoms. The molecule has 1 saturated heterocycles. The smallest absolute Gasteiger partial charge is 0.0278 e. The average molecular weight is 240 g/mol. The lowest BCUT2D eigenvalue weighted by atomic mass is 9.90. The largest absolute Gasteiger partial charge is 0.309 e. The maximum absolute atomic E-state index is 3.77. The molecule has 1 aliphatic rings. The van der Waals surface area contributed by atoms with Crippen molar-refractivity contribution in [3.8, 4) is 0 Å². The van der Waals surface area contributed by atoms with Crippen molar-refractivity contribution in [2.75, 3.05) is 13.1 Å². The summed E-state index contributed by atoms with van der Waals surface area (Å²) in [5.41, 5.74) is 0.326. The Balaban J connectivity index is 2.68. The summed E-state index contributed by atoms with van der Waals surface area (Å²) in [5, 5.41) is 3.77. The van der Waals surface area contributed by atoms with E-state index in [9.17, 15) is 0 Å². The highest BCUT2D eigenvalue weighted by molar-refractivity contribution is 4.95. The summed E-state index contributed by atoms with van der Waals surface area (Å²) in [6, 6.07) is 1.49. The summed E-state index contributed by atoms with van der Waals surface area (Å²) in [6.07, 6.45) is 6.49.